The Kier molecular flexibility index (Phi) is 11.2. The van der Waals surface area contributed by atoms with Crippen LogP contribution in [-0.2, 0) is 25.5 Å². The second-order valence-corrected chi connectivity index (χ2v) is 7.52. The molecule has 0 heterocycles. The molecule has 10 nitrogen and oxygen atoms in total. The molecule has 0 spiro atoms. The molecule has 0 aliphatic heterocycles. The number of phenolic OH excluding ortho intramolecular Hbond substituents is 4. The van der Waals surface area contributed by atoms with E-state index in [0.29, 0.717) is 25.0 Å². The summed E-state index contributed by atoms with van der Waals surface area (Å²) in [5.41, 5.74) is 5.13. The lowest BCUT2D eigenvalue weighted by molar-refractivity contribution is -0.147. The Hall–Kier alpha value is -3.95. The summed E-state index contributed by atoms with van der Waals surface area (Å²) in [4.78, 5) is 31.2. The van der Waals surface area contributed by atoms with Crippen molar-refractivity contribution in [3.8, 4) is 34.1 Å². The molecule has 2 aromatic carbocycles. The Bertz CT molecular complexity index is 947. The molecule has 34 heavy (non-hydrogen) atoms. The maximum Gasteiger partial charge on any atom is 0.308 e. The largest absolute Gasteiger partial charge is 0.504 e. The van der Waals surface area contributed by atoms with E-state index in [-0.39, 0.29) is 42.3 Å². The summed E-state index contributed by atoms with van der Waals surface area (Å²) in [5.74, 6) is -4.10. The standard InChI is InChI=1S/C20H24O6.C4H7NO3/c1-3-26-20(25)12(2)8-7-11-14-16(21)18(23)15(19(24)17(14)22)13-9-5-4-6-10-13;5-3(6)1-2-4(7)8/h4-6,9-10,12,21-24H,3,7-8,11H2,1-2H3;1-2H2,(H2,5,6)(H,7,8). The lowest BCUT2D eigenvalue weighted by atomic mass is 9.95. The average Bonchev–Trinajstić information content (AvgIpc) is 2.80. The normalized spacial score (nSPS) is 11.1. The zero-order valence-electron chi connectivity index (χ0n) is 19.2. The molecular weight excluding hydrogens is 446 g/mol. The van der Waals surface area contributed by atoms with Gasteiger partial charge in [0.25, 0.3) is 0 Å². The van der Waals surface area contributed by atoms with Gasteiger partial charge in [-0.1, -0.05) is 37.3 Å². The van der Waals surface area contributed by atoms with Crippen LogP contribution in [0.25, 0.3) is 11.1 Å². The van der Waals surface area contributed by atoms with E-state index < -0.39 is 34.9 Å². The van der Waals surface area contributed by atoms with Gasteiger partial charge in [0.1, 0.15) is 0 Å². The van der Waals surface area contributed by atoms with Crippen molar-refractivity contribution in [3.05, 3.63) is 35.9 Å². The van der Waals surface area contributed by atoms with Crippen LogP contribution in [0.15, 0.2) is 30.3 Å². The topological polar surface area (TPSA) is 188 Å². The summed E-state index contributed by atoms with van der Waals surface area (Å²) < 4.78 is 4.94. The number of amides is 1. The van der Waals surface area contributed by atoms with Crippen molar-refractivity contribution in [2.45, 2.75) is 46.0 Å². The summed E-state index contributed by atoms with van der Waals surface area (Å²) in [6.07, 6.45) is 0.895. The first-order chi connectivity index (χ1) is 16.0. The van der Waals surface area contributed by atoms with Gasteiger partial charge in [-0.2, -0.15) is 0 Å². The van der Waals surface area contributed by atoms with Gasteiger partial charge < -0.3 is 36.0 Å². The van der Waals surface area contributed by atoms with Crippen molar-refractivity contribution in [1.82, 2.24) is 0 Å². The predicted molar refractivity (Wildman–Crippen MR) is 123 cm³/mol. The average molecular weight is 478 g/mol. The number of ether oxygens (including phenoxy) is 1. The van der Waals surface area contributed by atoms with Crippen LogP contribution in [0.4, 0.5) is 0 Å². The number of esters is 1. The second kappa shape index (κ2) is 13.6. The van der Waals surface area contributed by atoms with Crippen LogP contribution in [-0.4, -0.2) is 50.0 Å². The van der Waals surface area contributed by atoms with Crippen molar-refractivity contribution in [2.24, 2.45) is 11.7 Å². The van der Waals surface area contributed by atoms with Crippen LogP contribution >= 0.6 is 0 Å². The number of hydrogen-bond acceptors (Lipinski definition) is 8. The number of hydrogen-bond donors (Lipinski definition) is 6. The smallest absolute Gasteiger partial charge is 0.308 e. The summed E-state index contributed by atoms with van der Waals surface area (Å²) in [6.45, 7) is 3.79. The molecule has 0 bridgehead atoms. The van der Waals surface area contributed by atoms with E-state index in [1.165, 1.54) is 0 Å². The minimum absolute atomic E-state index is 0.0239. The van der Waals surface area contributed by atoms with Crippen molar-refractivity contribution < 1.29 is 44.7 Å². The maximum atomic E-state index is 11.6. The number of carboxylic acid groups (broad SMARTS) is 1. The quantitative estimate of drug-likeness (QED) is 0.170. The summed E-state index contributed by atoms with van der Waals surface area (Å²) in [5, 5.41) is 49.2. The Balaban J connectivity index is 0.000000620. The molecule has 1 amide bonds. The molecule has 0 aliphatic carbocycles. The number of nitrogens with two attached hydrogens (primary N) is 1. The van der Waals surface area contributed by atoms with E-state index in [1.807, 2.05) is 0 Å². The number of carbonyl (C=O) groups is 3. The minimum Gasteiger partial charge on any atom is -0.504 e. The summed E-state index contributed by atoms with van der Waals surface area (Å²) in [6, 6.07) is 8.50. The maximum absolute atomic E-state index is 11.6. The number of aromatic hydroxyl groups is 4. The first-order valence-corrected chi connectivity index (χ1v) is 10.7. The van der Waals surface area contributed by atoms with Crippen molar-refractivity contribution in [1.29, 1.82) is 0 Å². The fraction of sp³-hybridized carbons (Fsp3) is 0.375. The summed E-state index contributed by atoms with van der Waals surface area (Å²) in [7, 11) is 0. The lowest BCUT2D eigenvalue weighted by Gasteiger charge is -2.16. The third-order valence-electron chi connectivity index (χ3n) is 4.89. The molecule has 0 aromatic heterocycles. The molecule has 0 fully saturated rings. The molecule has 186 valence electrons. The lowest BCUT2D eigenvalue weighted by Crippen LogP contribution is -2.14. The Morgan fingerprint density at radius 3 is 1.94 bits per heavy atom. The van der Waals surface area contributed by atoms with Gasteiger partial charge in [0.2, 0.25) is 5.91 Å². The highest BCUT2D eigenvalue weighted by atomic mass is 16.5. The fourth-order valence-corrected chi connectivity index (χ4v) is 3.08. The van der Waals surface area contributed by atoms with E-state index in [2.05, 4.69) is 5.73 Å². The van der Waals surface area contributed by atoms with Gasteiger partial charge in [-0.3, -0.25) is 14.4 Å². The molecule has 0 radical (unpaired) electrons. The number of rotatable bonds is 10. The van der Waals surface area contributed by atoms with Crippen LogP contribution in [0, 0.1) is 5.92 Å². The van der Waals surface area contributed by atoms with Crippen LogP contribution in [0.1, 0.15) is 45.1 Å². The number of aliphatic carboxylic acids is 1. The first-order valence-electron chi connectivity index (χ1n) is 10.7. The second-order valence-electron chi connectivity index (χ2n) is 7.52. The molecule has 2 rings (SSSR count). The molecule has 7 N–H and O–H groups in total. The summed E-state index contributed by atoms with van der Waals surface area (Å²) >= 11 is 0. The highest BCUT2D eigenvalue weighted by Crippen LogP contribution is 2.51. The zero-order chi connectivity index (χ0) is 25.8. The fourth-order valence-electron chi connectivity index (χ4n) is 3.08. The van der Waals surface area contributed by atoms with Crippen molar-refractivity contribution >= 4 is 17.8 Å². The van der Waals surface area contributed by atoms with Crippen LogP contribution in [0.5, 0.6) is 23.0 Å². The SMILES string of the molecule is CCOC(=O)C(C)CCCc1c(O)c(O)c(-c2ccccc2)c(O)c1O.NC(=O)CCC(=O)O. The molecule has 0 saturated heterocycles. The van der Waals surface area contributed by atoms with Crippen LogP contribution < -0.4 is 5.73 Å². The number of carboxylic acids is 1. The minimum atomic E-state index is -0.996. The van der Waals surface area contributed by atoms with E-state index >= 15 is 0 Å². The Morgan fingerprint density at radius 1 is 0.941 bits per heavy atom. The van der Waals surface area contributed by atoms with Crippen molar-refractivity contribution in [2.75, 3.05) is 6.61 Å². The van der Waals surface area contributed by atoms with Gasteiger partial charge in [0, 0.05) is 12.0 Å². The molecule has 2 aromatic rings. The van der Waals surface area contributed by atoms with Crippen LogP contribution in [0.2, 0.25) is 0 Å². The first kappa shape index (κ1) is 28.1. The number of benzene rings is 2. The third kappa shape index (κ3) is 8.19. The zero-order valence-corrected chi connectivity index (χ0v) is 19.2. The Labute approximate surface area is 197 Å². The predicted octanol–water partition coefficient (Wildman–Crippen LogP) is 3.03. The highest BCUT2D eigenvalue weighted by Gasteiger charge is 2.24. The van der Waals surface area contributed by atoms with E-state index in [1.54, 1.807) is 44.2 Å². The molecule has 0 aliphatic rings. The number of primary amides is 1. The molecule has 0 saturated carbocycles. The van der Waals surface area contributed by atoms with E-state index in [0.717, 1.165) is 0 Å². The van der Waals surface area contributed by atoms with Gasteiger partial charge in [0.05, 0.1) is 24.5 Å². The Morgan fingerprint density at radius 2 is 1.50 bits per heavy atom. The number of phenols is 4. The number of carbonyl (C=O) groups excluding carboxylic acids is 2. The third-order valence-corrected chi connectivity index (χ3v) is 4.89. The highest BCUT2D eigenvalue weighted by molar-refractivity contribution is 5.83. The molecule has 1 atom stereocenters. The van der Waals surface area contributed by atoms with Crippen LogP contribution in [0.3, 0.4) is 0 Å². The van der Waals surface area contributed by atoms with E-state index in [4.69, 9.17) is 9.84 Å². The molecule has 10 heteroatoms. The molecule has 1 unspecified atom stereocenters. The monoisotopic (exact) mass is 477 g/mol. The molecular formula is C24H31NO9. The van der Waals surface area contributed by atoms with Gasteiger partial charge in [-0.05, 0) is 31.7 Å². The van der Waals surface area contributed by atoms with Gasteiger partial charge in [0.15, 0.2) is 23.0 Å². The van der Waals surface area contributed by atoms with Gasteiger partial charge >= 0.3 is 11.9 Å². The van der Waals surface area contributed by atoms with Gasteiger partial charge in [-0.15, -0.1) is 0 Å². The van der Waals surface area contributed by atoms with Gasteiger partial charge in [-0.25, -0.2) is 0 Å². The van der Waals surface area contributed by atoms with E-state index in [9.17, 15) is 34.8 Å². The van der Waals surface area contributed by atoms with Crippen molar-refractivity contribution in [3.63, 3.8) is 0 Å².